The average Bonchev–Trinajstić information content (AvgIpc) is 2.52. The lowest BCUT2D eigenvalue weighted by atomic mass is 10.0. The molecular weight excluding hydrogens is 300 g/mol. The summed E-state index contributed by atoms with van der Waals surface area (Å²) in [5, 5.41) is 5.04. The molecule has 1 heterocycles. The highest BCUT2D eigenvalue weighted by Crippen LogP contribution is 2.24. The van der Waals surface area contributed by atoms with Crippen LogP contribution in [0.25, 0.3) is 0 Å². The molecule has 122 valence electrons. The molecule has 1 atom stereocenters. The molecule has 0 aliphatic carbocycles. The third kappa shape index (κ3) is 4.57. The molecule has 7 nitrogen and oxygen atoms in total. The van der Waals surface area contributed by atoms with Crippen LogP contribution in [0, 0.1) is 0 Å². The van der Waals surface area contributed by atoms with Crippen LogP contribution in [-0.4, -0.2) is 37.2 Å². The van der Waals surface area contributed by atoms with Gasteiger partial charge in [0.25, 0.3) is 0 Å². The number of para-hydroxylation sites is 1. The molecule has 1 aromatic carbocycles. The zero-order chi connectivity index (χ0) is 16.8. The van der Waals surface area contributed by atoms with Crippen LogP contribution < -0.4 is 15.4 Å². The molecular formula is C16H18N2O5. The number of urea groups is 1. The van der Waals surface area contributed by atoms with E-state index < -0.39 is 24.0 Å². The van der Waals surface area contributed by atoms with Crippen molar-refractivity contribution in [2.24, 2.45) is 0 Å². The smallest absolute Gasteiger partial charge is 0.334 e. The van der Waals surface area contributed by atoms with E-state index in [1.807, 2.05) is 12.1 Å². The van der Waals surface area contributed by atoms with Crippen LogP contribution in [0.2, 0.25) is 0 Å². The van der Waals surface area contributed by atoms with E-state index in [1.165, 1.54) is 6.92 Å². The summed E-state index contributed by atoms with van der Waals surface area (Å²) < 4.78 is 10.0. The quantitative estimate of drug-likeness (QED) is 0.365. The Morgan fingerprint density at radius 3 is 2.87 bits per heavy atom. The van der Waals surface area contributed by atoms with Crippen LogP contribution >= 0.6 is 0 Å². The summed E-state index contributed by atoms with van der Waals surface area (Å²) in [5.41, 5.74) is 1.14. The first-order valence-corrected chi connectivity index (χ1v) is 7.14. The van der Waals surface area contributed by atoms with Gasteiger partial charge in [0.15, 0.2) is 0 Å². The molecule has 0 saturated heterocycles. The van der Waals surface area contributed by atoms with Crippen molar-refractivity contribution in [2.75, 3.05) is 13.2 Å². The Kier molecular flexibility index (Phi) is 5.35. The third-order valence-electron chi connectivity index (χ3n) is 3.17. The summed E-state index contributed by atoms with van der Waals surface area (Å²) in [4.78, 5) is 34.8. The van der Waals surface area contributed by atoms with Gasteiger partial charge in [-0.25, -0.2) is 14.4 Å². The number of esters is 2. The third-order valence-corrected chi connectivity index (χ3v) is 3.17. The molecule has 1 aliphatic rings. The van der Waals surface area contributed by atoms with Gasteiger partial charge in [0, 0.05) is 12.0 Å². The minimum Gasteiger partial charge on any atom is -0.460 e. The normalized spacial score (nSPS) is 15.9. The monoisotopic (exact) mass is 318 g/mol. The average molecular weight is 318 g/mol. The fraction of sp³-hybridized carbons (Fsp3) is 0.312. The van der Waals surface area contributed by atoms with Gasteiger partial charge < -0.3 is 20.1 Å². The predicted molar refractivity (Wildman–Crippen MR) is 81.9 cm³/mol. The van der Waals surface area contributed by atoms with E-state index in [2.05, 4.69) is 17.2 Å². The molecule has 0 spiro atoms. The van der Waals surface area contributed by atoms with Crippen molar-refractivity contribution in [3.63, 3.8) is 0 Å². The highest BCUT2D eigenvalue weighted by atomic mass is 16.5. The summed E-state index contributed by atoms with van der Waals surface area (Å²) in [7, 11) is 0. The van der Waals surface area contributed by atoms with Gasteiger partial charge in [-0.3, -0.25) is 0 Å². The van der Waals surface area contributed by atoms with Crippen LogP contribution in [0.4, 0.5) is 4.79 Å². The molecule has 0 fully saturated rings. The maximum atomic E-state index is 11.8. The van der Waals surface area contributed by atoms with E-state index in [1.54, 1.807) is 12.1 Å². The van der Waals surface area contributed by atoms with Crippen molar-refractivity contribution in [3.8, 4) is 5.75 Å². The fourth-order valence-electron chi connectivity index (χ4n) is 2.01. The Morgan fingerprint density at radius 2 is 2.13 bits per heavy atom. The second-order valence-corrected chi connectivity index (χ2v) is 5.10. The lowest BCUT2D eigenvalue weighted by molar-refractivity contribution is -0.139. The van der Waals surface area contributed by atoms with E-state index in [4.69, 9.17) is 9.47 Å². The van der Waals surface area contributed by atoms with Gasteiger partial charge in [0.1, 0.15) is 18.4 Å². The summed E-state index contributed by atoms with van der Waals surface area (Å²) in [6, 6.07) is 5.88. The number of carbonyl (C=O) groups excluding carboxylic acids is 3. The van der Waals surface area contributed by atoms with Crippen LogP contribution in [0.5, 0.6) is 5.75 Å². The van der Waals surface area contributed by atoms with Gasteiger partial charge in [-0.05, 0) is 18.6 Å². The van der Waals surface area contributed by atoms with Gasteiger partial charge >= 0.3 is 18.0 Å². The Balaban J connectivity index is 1.76. The molecule has 0 radical (unpaired) electrons. The standard InChI is InChI=1S/C16H18N2O5/c1-10(2)14(19)22-8-7-17-16(21)18-12-9-11-5-3-4-6-13(11)23-15(12)20/h3-6,12H,1,7-9H2,2H3,(H2,17,18,21). The van der Waals surface area contributed by atoms with Gasteiger partial charge in [-0.15, -0.1) is 0 Å². The summed E-state index contributed by atoms with van der Waals surface area (Å²) in [6.07, 6.45) is 0.368. The van der Waals surface area contributed by atoms with Gasteiger partial charge in [0.05, 0.1) is 6.54 Å². The predicted octanol–water partition coefficient (Wildman–Crippen LogP) is 0.935. The zero-order valence-corrected chi connectivity index (χ0v) is 12.8. The lowest BCUT2D eigenvalue weighted by Crippen LogP contribution is -2.50. The number of carbonyl (C=O) groups is 3. The second-order valence-electron chi connectivity index (χ2n) is 5.10. The maximum Gasteiger partial charge on any atom is 0.334 e. The van der Waals surface area contributed by atoms with Crippen molar-refractivity contribution < 1.29 is 23.9 Å². The minimum absolute atomic E-state index is 0.0249. The van der Waals surface area contributed by atoms with Crippen molar-refractivity contribution in [3.05, 3.63) is 42.0 Å². The Bertz CT molecular complexity index is 641. The molecule has 1 unspecified atom stereocenters. The first-order chi connectivity index (χ1) is 11.0. The molecule has 0 saturated carbocycles. The first kappa shape index (κ1) is 16.5. The Labute approximate surface area is 133 Å². The van der Waals surface area contributed by atoms with E-state index in [0.29, 0.717) is 12.2 Å². The summed E-state index contributed by atoms with van der Waals surface area (Å²) in [6.45, 7) is 5.14. The highest BCUT2D eigenvalue weighted by Gasteiger charge is 2.29. The topological polar surface area (TPSA) is 93.7 Å². The van der Waals surface area contributed by atoms with Crippen LogP contribution in [0.1, 0.15) is 12.5 Å². The van der Waals surface area contributed by atoms with E-state index in [-0.39, 0.29) is 18.7 Å². The maximum absolute atomic E-state index is 11.8. The SMILES string of the molecule is C=C(C)C(=O)OCCNC(=O)NC1Cc2ccccc2OC1=O. The number of ether oxygens (including phenoxy) is 2. The highest BCUT2D eigenvalue weighted by molar-refractivity contribution is 5.87. The Hall–Kier alpha value is -2.83. The van der Waals surface area contributed by atoms with E-state index in [9.17, 15) is 14.4 Å². The van der Waals surface area contributed by atoms with Crippen molar-refractivity contribution in [2.45, 2.75) is 19.4 Å². The van der Waals surface area contributed by atoms with E-state index >= 15 is 0 Å². The molecule has 2 N–H and O–H groups in total. The summed E-state index contributed by atoms with van der Waals surface area (Å²) in [5.74, 6) is -0.505. The van der Waals surface area contributed by atoms with Crippen molar-refractivity contribution >= 4 is 18.0 Å². The number of fused-ring (bicyclic) bond motifs is 1. The Morgan fingerprint density at radius 1 is 1.39 bits per heavy atom. The van der Waals surface area contributed by atoms with E-state index in [0.717, 1.165) is 5.56 Å². The van der Waals surface area contributed by atoms with Crippen molar-refractivity contribution in [1.82, 2.24) is 10.6 Å². The molecule has 23 heavy (non-hydrogen) atoms. The lowest BCUT2D eigenvalue weighted by Gasteiger charge is -2.24. The number of nitrogens with one attached hydrogen (secondary N) is 2. The minimum atomic E-state index is -0.747. The van der Waals surface area contributed by atoms with Gasteiger partial charge in [0.2, 0.25) is 0 Å². The zero-order valence-electron chi connectivity index (χ0n) is 12.8. The number of rotatable bonds is 5. The van der Waals surface area contributed by atoms with Crippen molar-refractivity contribution in [1.29, 1.82) is 0 Å². The molecule has 2 rings (SSSR count). The van der Waals surface area contributed by atoms with Crippen LogP contribution in [-0.2, 0) is 20.7 Å². The van der Waals surface area contributed by atoms with Gasteiger partial charge in [-0.1, -0.05) is 24.8 Å². The van der Waals surface area contributed by atoms with Gasteiger partial charge in [-0.2, -0.15) is 0 Å². The fourth-order valence-corrected chi connectivity index (χ4v) is 2.01. The molecule has 1 aromatic rings. The number of hydrogen-bond donors (Lipinski definition) is 2. The molecule has 0 aromatic heterocycles. The molecule has 7 heteroatoms. The molecule has 0 bridgehead atoms. The number of hydrogen-bond acceptors (Lipinski definition) is 5. The first-order valence-electron chi connectivity index (χ1n) is 7.14. The molecule has 1 aliphatic heterocycles. The largest absolute Gasteiger partial charge is 0.460 e. The van der Waals surface area contributed by atoms with Crippen LogP contribution in [0.3, 0.4) is 0 Å². The van der Waals surface area contributed by atoms with Crippen LogP contribution in [0.15, 0.2) is 36.4 Å². The number of benzene rings is 1. The summed E-state index contributed by atoms with van der Waals surface area (Å²) >= 11 is 0. The second kappa shape index (κ2) is 7.44. The molecule has 2 amide bonds. The number of amides is 2.